The maximum atomic E-state index is 4.43. The second kappa shape index (κ2) is 4.57. The largest absolute Gasteiger partial charge is 0.317 e. The van der Waals surface area contributed by atoms with Gasteiger partial charge >= 0.3 is 0 Å². The van der Waals surface area contributed by atoms with Crippen molar-refractivity contribution in [2.24, 2.45) is 0 Å². The summed E-state index contributed by atoms with van der Waals surface area (Å²) in [4.78, 5) is 4.43. The quantitative estimate of drug-likeness (QED) is 0.776. The minimum Gasteiger partial charge on any atom is -0.317 e. The SMILES string of the molecule is CCNCCc1nnc2cc(C)nc(C)n12. The van der Waals surface area contributed by atoms with Gasteiger partial charge in [0.2, 0.25) is 0 Å². The Morgan fingerprint density at radius 2 is 2.12 bits per heavy atom. The Morgan fingerprint density at radius 3 is 2.88 bits per heavy atom. The zero-order chi connectivity index (χ0) is 11.5. The van der Waals surface area contributed by atoms with Crippen LogP contribution in [0.4, 0.5) is 0 Å². The lowest BCUT2D eigenvalue weighted by molar-refractivity contribution is 0.687. The molecule has 5 nitrogen and oxygen atoms in total. The minimum absolute atomic E-state index is 0.876. The number of likely N-dealkylation sites (N-methyl/N-ethyl adjacent to an activating group) is 1. The van der Waals surface area contributed by atoms with Gasteiger partial charge in [-0.3, -0.25) is 4.40 Å². The van der Waals surface area contributed by atoms with Gasteiger partial charge in [-0.25, -0.2) is 4.98 Å². The molecule has 2 aromatic rings. The first kappa shape index (κ1) is 11.0. The third-order valence-electron chi connectivity index (χ3n) is 2.53. The van der Waals surface area contributed by atoms with Gasteiger partial charge in [-0.15, -0.1) is 10.2 Å². The second-order valence-corrected chi connectivity index (χ2v) is 3.86. The monoisotopic (exact) mass is 219 g/mol. The van der Waals surface area contributed by atoms with Crippen LogP contribution in [-0.2, 0) is 6.42 Å². The lowest BCUT2D eigenvalue weighted by Crippen LogP contribution is -2.17. The average molecular weight is 219 g/mol. The lowest BCUT2D eigenvalue weighted by atomic mass is 10.3. The molecule has 0 fully saturated rings. The fourth-order valence-electron chi connectivity index (χ4n) is 1.84. The molecule has 0 atom stereocenters. The van der Waals surface area contributed by atoms with Gasteiger partial charge in [0.25, 0.3) is 0 Å². The first-order chi connectivity index (χ1) is 7.72. The van der Waals surface area contributed by atoms with Crippen molar-refractivity contribution in [2.75, 3.05) is 13.1 Å². The van der Waals surface area contributed by atoms with Gasteiger partial charge in [-0.1, -0.05) is 6.92 Å². The normalized spacial score (nSPS) is 11.2. The third-order valence-corrected chi connectivity index (χ3v) is 2.53. The predicted molar refractivity (Wildman–Crippen MR) is 62.5 cm³/mol. The fraction of sp³-hybridized carbons (Fsp3) is 0.545. The van der Waals surface area contributed by atoms with Gasteiger partial charge in [-0.05, 0) is 20.4 Å². The molecule has 0 saturated heterocycles. The number of nitrogens with one attached hydrogen (secondary N) is 1. The summed E-state index contributed by atoms with van der Waals surface area (Å²) in [6.45, 7) is 7.95. The smallest absolute Gasteiger partial charge is 0.164 e. The minimum atomic E-state index is 0.876. The van der Waals surface area contributed by atoms with Gasteiger partial charge in [0, 0.05) is 24.7 Å². The van der Waals surface area contributed by atoms with E-state index in [1.807, 2.05) is 24.3 Å². The Morgan fingerprint density at radius 1 is 1.31 bits per heavy atom. The van der Waals surface area contributed by atoms with Crippen molar-refractivity contribution >= 4 is 5.65 Å². The zero-order valence-electron chi connectivity index (χ0n) is 9.99. The topological polar surface area (TPSA) is 55.1 Å². The van der Waals surface area contributed by atoms with Crippen LogP contribution in [0.1, 0.15) is 24.3 Å². The molecule has 1 N–H and O–H groups in total. The molecular formula is C11H17N5. The summed E-state index contributed by atoms with van der Waals surface area (Å²) in [7, 11) is 0. The highest BCUT2D eigenvalue weighted by molar-refractivity contribution is 5.39. The molecule has 86 valence electrons. The van der Waals surface area contributed by atoms with Crippen molar-refractivity contribution in [3.05, 3.63) is 23.4 Å². The van der Waals surface area contributed by atoms with Gasteiger partial charge < -0.3 is 5.32 Å². The molecule has 2 heterocycles. The highest BCUT2D eigenvalue weighted by Gasteiger charge is 2.08. The lowest BCUT2D eigenvalue weighted by Gasteiger charge is -2.04. The molecule has 0 aliphatic heterocycles. The average Bonchev–Trinajstić information content (AvgIpc) is 2.62. The van der Waals surface area contributed by atoms with Gasteiger partial charge in [0.15, 0.2) is 5.65 Å². The highest BCUT2D eigenvalue weighted by Crippen LogP contribution is 2.08. The van der Waals surface area contributed by atoms with Crippen molar-refractivity contribution in [3.63, 3.8) is 0 Å². The van der Waals surface area contributed by atoms with Crippen LogP contribution in [0.2, 0.25) is 0 Å². The predicted octanol–water partition coefficient (Wildman–Crippen LogP) is 0.893. The van der Waals surface area contributed by atoms with Crippen LogP contribution in [-0.4, -0.2) is 32.7 Å². The molecule has 0 bridgehead atoms. The Labute approximate surface area is 94.9 Å². The Kier molecular flexibility index (Phi) is 3.14. The van der Waals surface area contributed by atoms with Crippen LogP contribution in [0.15, 0.2) is 6.07 Å². The molecule has 0 saturated carbocycles. The van der Waals surface area contributed by atoms with E-state index in [4.69, 9.17) is 0 Å². The maximum absolute atomic E-state index is 4.43. The summed E-state index contributed by atoms with van der Waals surface area (Å²) >= 11 is 0. The Hall–Kier alpha value is -1.49. The molecule has 0 radical (unpaired) electrons. The van der Waals surface area contributed by atoms with Crippen molar-refractivity contribution < 1.29 is 0 Å². The number of aromatic nitrogens is 4. The van der Waals surface area contributed by atoms with Crippen molar-refractivity contribution in [1.82, 2.24) is 24.9 Å². The first-order valence-electron chi connectivity index (χ1n) is 5.61. The van der Waals surface area contributed by atoms with Crippen molar-refractivity contribution in [1.29, 1.82) is 0 Å². The number of rotatable bonds is 4. The molecule has 16 heavy (non-hydrogen) atoms. The van der Waals surface area contributed by atoms with Crippen molar-refractivity contribution in [3.8, 4) is 0 Å². The van der Waals surface area contributed by atoms with Gasteiger partial charge in [0.05, 0.1) is 0 Å². The molecule has 0 aliphatic carbocycles. The number of nitrogens with zero attached hydrogens (tertiary/aromatic N) is 4. The molecule has 5 heteroatoms. The second-order valence-electron chi connectivity index (χ2n) is 3.86. The molecule has 2 aromatic heterocycles. The van der Waals surface area contributed by atoms with E-state index in [1.165, 1.54) is 0 Å². The number of hydrogen-bond acceptors (Lipinski definition) is 4. The van der Waals surface area contributed by atoms with E-state index in [1.54, 1.807) is 0 Å². The van der Waals surface area contributed by atoms with E-state index in [2.05, 4.69) is 27.4 Å². The van der Waals surface area contributed by atoms with Crippen LogP contribution in [0.3, 0.4) is 0 Å². The van der Waals surface area contributed by atoms with E-state index < -0.39 is 0 Å². The van der Waals surface area contributed by atoms with Crippen LogP contribution in [0, 0.1) is 13.8 Å². The van der Waals surface area contributed by atoms with E-state index >= 15 is 0 Å². The Bertz CT molecular complexity index is 488. The van der Waals surface area contributed by atoms with Crippen LogP contribution < -0.4 is 5.32 Å². The fourth-order valence-corrected chi connectivity index (χ4v) is 1.84. The summed E-state index contributed by atoms with van der Waals surface area (Å²) in [5.74, 6) is 1.92. The summed E-state index contributed by atoms with van der Waals surface area (Å²) in [6, 6.07) is 1.96. The van der Waals surface area contributed by atoms with E-state index in [9.17, 15) is 0 Å². The van der Waals surface area contributed by atoms with Crippen LogP contribution >= 0.6 is 0 Å². The van der Waals surface area contributed by atoms with E-state index in [-0.39, 0.29) is 0 Å². The van der Waals surface area contributed by atoms with Crippen LogP contribution in [0.25, 0.3) is 5.65 Å². The van der Waals surface area contributed by atoms with Crippen LogP contribution in [0.5, 0.6) is 0 Å². The molecule has 0 aromatic carbocycles. The highest BCUT2D eigenvalue weighted by atomic mass is 15.3. The summed E-state index contributed by atoms with van der Waals surface area (Å²) in [5.41, 5.74) is 1.87. The molecule has 0 unspecified atom stereocenters. The van der Waals surface area contributed by atoms with E-state index in [0.29, 0.717) is 0 Å². The molecule has 2 rings (SSSR count). The Balaban J connectivity index is 2.33. The third kappa shape index (κ3) is 2.04. The maximum Gasteiger partial charge on any atom is 0.164 e. The molecule has 0 aliphatic rings. The molecular weight excluding hydrogens is 202 g/mol. The van der Waals surface area contributed by atoms with E-state index in [0.717, 1.165) is 42.5 Å². The zero-order valence-corrected chi connectivity index (χ0v) is 9.99. The first-order valence-corrected chi connectivity index (χ1v) is 5.61. The number of fused-ring (bicyclic) bond motifs is 1. The van der Waals surface area contributed by atoms with Gasteiger partial charge in [-0.2, -0.15) is 0 Å². The molecule has 0 amide bonds. The van der Waals surface area contributed by atoms with Crippen molar-refractivity contribution in [2.45, 2.75) is 27.2 Å². The summed E-state index contributed by atoms with van der Waals surface area (Å²) < 4.78 is 2.02. The summed E-state index contributed by atoms with van der Waals surface area (Å²) in [5, 5.41) is 11.6. The molecule has 0 spiro atoms. The summed E-state index contributed by atoms with van der Waals surface area (Å²) in [6.07, 6.45) is 0.876. The number of aryl methyl sites for hydroxylation is 2. The standard InChI is InChI=1S/C11H17N5/c1-4-12-6-5-10-14-15-11-7-8(2)13-9(3)16(10)11/h7,12H,4-6H2,1-3H3. The van der Waals surface area contributed by atoms with Gasteiger partial charge in [0.1, 0.15) is 11.6 Å². The number of hydrogen-bond donors (Lipinski definition) is 1.